The molecule has 1 aliphatic heterocycles. The number of piperidine rings is 1. The van der Waals surface area contributed by atoms with Gasteiger partial charge in [-0.15, -0.1) is 10.2 Å². The predicted octanol–water partition coefficient (Wildman–Crippen LogP) is 1.72. The van der Waals surface area contributed by atoms with E-state index in [1.54, 1.807) is 4.90 Å². The fraction of sp³-hybridized carbons (Fsp3) is 0.550. The zero-order valence-corrected chi connectivity index (χ0v) is 16.0. The first-order valence-corrected chi connectivity index (χ1v) is 9.69. The largest absolute Gasteiger partial charge is 0.423 e. The van der Waals surface area contributed by atoms with Crippen LogP contribution in [0.4, 0.5) is 0 Å². The lowest BCUT2D eigenvalue weighted by atomic mass is 9.83. The molecule has 8 heteroatoms. The molecule has 150 valence electrons. The molecule has 2 aliphatic rings. The van der Waals surface area contributed by atoms with E-state index in [2.05, 4.69) is 10.2 Å². The number of likely N-dealkylation sites (tertiary alicyclic amines) is 1. The Morgan fingerprint density at radius 1 is 1.36 bits per heavy atom. The van der Waals surface area contributed by atoms with Crippen molar-refractivity contribution in [2.45, 2.75) is 44.4 Å². The van der Waals surface area contributed by atoms with Gasteiger partial charge < -0.3 is 14.4 Å². The number of nitrogens with zero attached hydrogens (tertiary/aromatic N) is 4. The van der Waals surface area contributed by atoms with Gasteiger partial charge in [-0.05, 0) is 30.2 Å². The summed E-state index contributed by atoms with van der Waals surface area (Å²) in [6.45, 7) is 1.01. The van der Waals surface area contributed by atoms with Crippen LogP contribution in [-0.2, 0) is 22.7 Å². The maximum atomic E-state index is 11.8. The highest BCUT2D eigenvalue weighted by atomic mass is 16.7. The number of hydrogen-bond acceptors (Lipinski definition) is 7. The minimum absolute atomic E-state index is 0.0424. The second-order valence-corrected chi connectivity index (χ2v) is 7.71. The molecular formula is C20H26N4O4. The van der Waals surface area contributed by atoms with Gasteiger partial charge in [0.15, 0.2) is 0 Å². The van der Waals surface area contributed by atoms with Crippen LogP contribution in [0.5, 0.6) is 0 Å². The molecule has 1 saturated heterocycles. The van der Waals surface area contributed by atoms with Crippen LogP contribution in [0.25, 0.3) is 0 Å². The van der Waals surface area contributed by atoms with E-state index in [0.717, 1.165) is 31.2 Å². The molecule has 28 heavy (non-hydrogen) atoms. The summed E-state index contributed by atoms with van der Waals surface area (Å²) in [4.78, 5) is 19.5. The molecule has 1 aliphatic carbocycles. The summed E-state index contributed by atoms with van der Waals surface area (Å²) in [5.74, 6) is 0.853. The Morgan fingerprint density at radius 3 is 2.82 bits per heavy atom. The molecule has 2 fully saturated rings. The normalized spacial score (nSPS) is 23.3. The van der Waals surface area contributed by atoms with Crippen LogP contribution in [0, 0.1) is 5.41 Å². The third-order valence-corrected chi connectivity index (χ3v) is 5.93. The highest BCUT2D eigenvalue weighted by Gasteiger charge is 2.57. The quantitative estimate of drug-likeness (QED) is 0.545. The highest BCUT2D eigenvalue weighted by Crippen LogP contribution is 2.59. The molecule has 1 saturated carbocycles. The Bertz CT molecular complexity index is 793. The van der Waals surface area contributed by atoms with Gasteiger partial charge in [-0.3, -0.25) is 9.63 Å². The van der Waals surface area contributed by atoms with Gasteiger partial charge in [-0.1, -0.05) is 30.3 Å². The number of aromatic nitrogens is 2. The molecule has 2 atom stereocenters. The van der Waals surface area contributed by atoms with E-state index in [4.69, 9.17) is 14.4 Å². The van der Waals surface area contributed by atoms with Crippen molar-refractivity contribution in [3.05, 3.63) is 47.7 Å². The van der Waals surface area contributed by atoms with Crippen LogP contribution >= 0.6 is 0 Å². The summed E-state index contributed by atoms with van der Waals surface area (Å²) in [7, 11) is 1.95. The van der Waals surface area contributed by atoms with Crippen molar-refractivity contribution in [1.29, 1.82) is 0 Å². The van der Waals surface area contributed by atoms with E-state index in [9.17, 15) is 4.79 Å². The predicted molar refractivity (Wildman–Crippen MR) is 99.7 cm³/mol. The van der Waals surface area contributed by atoms with E-state index in [-0.39, 0.29) is 24.1 Å². The fourth-order valence-electron chi connectivity index (χ4n) is 4.14. The molecular weight excluding hydrogens is 360 g/mol. The average molecular weight is 386 g/mol. The lowest BCUT2D eigenvalue weighted by Gasteiger charge is -2.44. The third-order valence-electron chi connectivity index (χ3n) is 5.93. The van der Waals surface area contributed by atoms with Crippen molar-refractivity contribution in [3.63, 3.8) is 0 Å². The number of likely N-dealkylation sites (N-methyl/N-ethyl adjacent to an activating group) is 1. The number of amides is 1. The van der Waals surface area contributed by atoms with E-state index in [1.165, 1.54) is 0 Å². The number of aliphatic hydroxyl groups is 1. The minimum Gasteiger partial charge on any atom is -0.423 e. The maximum absolute atomic E-state index is 11.8. The Kier molecular flexibility index (Phi) is 5.43. The van der Waals surface area contributed by atoms with Crippen molar-refractivity contribution in [2.75, 3.05) is 20.2 Å². The summed E-state index contributed by atoms with van der Waals surface area (Å²) in [5.41, 5.74) is 1.21. The molecule has 1 aromatic carbocycles. The second kappa shape index (κ2) is 7.98. The molecule has 1 aromatic heterocycles. The van der Waals surface area contributed by atoms with E-state index < -0.39 is 0 Å². The number of benzene rings is 1. The zero-order chi connectivity index (χ0) is 19.6. The van der Waals surface area contributed by atoms with Gasteiger partial charge in [0.25, 0.3) is 0 Å². The van der Waals surface area contributed by atoms with Crippen molar-refractivity contribution in [1.82, 2.24) is 20.2 Å². The van der Waals surface area contributed by atoms with Crippen molar-refractivity contribution >= 4 is 6.41 Å². The Labute approximate surface area is 164 Å². The van der Waals surface area contributed by atoms with E-state index >= 15 is 0 Å². The van der Waals surface area contributed by atoms with Gasteiger partial charge in [0.05, 0.1) is 19.3 Å². The topological polar surface area (TPSA) is 91.9 Å². The molecule has 2 heterocycles. The first-order chi connectivity index (χ1) is 13.6. The highest BCUT2D eigenvalue weighted by molar-refractivity contribution is 5.49. The lowest BCUT2D eigenvalue weighted by molar-refractivity contribution is -0.206. The summed E-state index contributed by atoms with van der Waals surface area (Å²) >= 11 is 0. The Balaban J connectivity index is 1.45. The summed E-state index contributed by atoms with van der Waals surface area (Å²) < 4.78 is 5.69. The monoisotopic (exact) mass is 386 g/mol. The van der Waals surface area contributed by atoms with Gasteiger partial charge in [0, 0.05) is 20.0 Å². The van der Waals surface area contributed by atoms with Crippen molar-refractivity contribution in [2.24, 2.45) is 5.41 Å². The van der Waals surface area contributed by atoms with Gasteiger partial charge >= 0.3 is 0 Å². The lowest BCUT2D eigenvalue weighted by Crippen LogP contribution is -2.53. The van der Waals surface area contributed by atoms with Crippen LogP contribution in [0.3, 0.4) is 0 Å². The van der Waals surface area contributed by atoms with Gasteiger partial charge in [0.1, 0.15) is 6.04 Å². The van der Waals surface area contributed by atoms with Gasteiger partial charge in [0.2, 0.25) is 18.2 Å². The Hall–Kier alpha value is -2.29. The maximum Gasteiger partial charge on any atom is 0.238 e. The smallest absolute Gasteiger partial charge is 0.238 e. The van der Waals surface area contributed by atoms with Crippen LogP contribution in [0.2, 0.25) is 0 Å². The standard InChI is InChI=1S/C20H26N4O4/c1-23(27-13-15-5-3-2-4-6-15)17-12-24(14-26)16(11-20(17)8-9-20)19-22-21-18(28-19)7-10-25/h2-6,14,16-17,25H,7-13H2,1H3/t16-,17-/m0/s1. The van der Waals surface area contributed by atoms with E-state index in [0.29, 0.717) is 31.4 Å². The van der Waals surface area contributed by atoms with Crippen LogP contribution in [0.15, 0.2) is 34.7 Å². The van der Waals surface area contributed by atoms with E-state index in [1.807, 2.05) is 42.4 Å². The number of aliphatic hydroxyl groups excluding tert-OH is 1. The molecule has 1 amide bonds. The van der Waals surface area contributed by atoms with Gasteiger partial charge in [-0.2, -0.15) is 5.06 Å². The SMILES string of the molecule is CN(OCc1ccccc1)[C@H]1CN(C=O)[C@H](c2nnc(CCO)o2)CC12CC2. The Morgan fingerprint density at radius 2 is 2.14 bits per heavy atom. The van der Waals surface area contributed by atoms with Crippen LogP contribution in [-0.4, -0.2) is 57.9 Å². The summed E-state index contributed by atoms with van der Waals surface area (Å²) in [6, 6.07) is 9.95. The molecule has 1 spiro atoms. The second-order valence-electron chi connectivity index (χ2n) is 7.71. The molecule has 8 nitrogen and oxygen atoms in total. The number of rotatable bonds is 8. The fourth-order valence-corrected chi connectivity index (χ4v) is 4.14. The van der Waals surface area contributed by atoms with Gasteiger partial charge in [-0.25, -0.2) is 0 Å². The third kappa shape index (κ3) is 3.80. The summed E-state index contributed by atoms with van der Waals surface area (Å²) in [6.07, 6.45) is 4.14. The number of hydroxylamine groups is 2. The minimum atomic E-state index is -0.223. The molecule has 0 unspecified atom stereocenters. The molecule has 0 bridgehead atoms. The molecule has 4 rings (SSSR count). The molecule has 1 N–H and O–H groups in total. The average Bonchev–Trinajstić information content (AvgIpc) is 3.33. The number of carbonyl (C=O) groups is 1. The number of hydrogen-bond donors (Lipinski definition) is 1. The van der Waals surface area contributed by atoms with Crippen LogP contribution < -0.4 is 0 Å². The van der Waals surface area contributed by atoms with Crippen molar-refractivity contribution < 1.29 is 19.2 Å². The first-order valence-electron chi connectivity index (χ1n) is 9.69. The van der Waals surface area contributed by atoms with Crippen LogP contribution in [0.1, 0.15) is 42.6 Å². The zero-order valence-electron chi connectivity index (χ0n) is 16.0. The summed E-state index contributed by atoms with van der Waals surface area (Å²) in [5, 5.41) is 19.1. The van der Waals surface area contributed by atoms with Crippen molar-refractivity contribution in [3.8, 4) is 0 Å². The molecule has 0 radical (unpaired) electrons. The first kappa shape index (κ1) is 19.0. The molecule has 2 aromatic rings. The number of carbonyl (C=O) groups excluding carboxylic acids is 1.